The van der Waals surface area contributed by atoms with Gasteiger partial charge in [-0.25, -0.2) is 4.79 Å². The summed E-state index contributed by atoms with van der Waals surface area (Å²) in [5, 5.41) is 0. The number of esters is 1. The highest BCUT2D eigenvalue weighted by atomic mass is 16.6. The molecule has 0 bridgehead atoms. The van der Waals surface area contributed by atoms with Gasteiger partial charge in [-0.1, -0.05) is 37.3 Å². The third-order valence-electron chi connectivity index (χ3n) is 5.55. The van der Waals surface area contributed by atoms with Gasteiger partial charge in [-0.05, 0) is 38.0 Å². The van der Waals surface area contributed by atoms with Crippen molar-refractivity contribution in [3.63, 3.8) is 0 Å². The number of anilines is 1. The molecule has 0 spiro atoms. The van der Waals surface area contributed by atoms with Gasteiger partial charge in [0, 0.05) is 23.7 Å². The maximum Gasteiger partial charge on any atom is 0.342 e. The molecule has 0 saturated carbocycles. The van der Waals surface area contributed by atoms with E-state index >= 15 is 0 Å². The number of carbonyl (C=O) groups excluding carboxylic acids is 2. The Morgan fingerprint density at radius 1 is 1.15 bits per heavy atom. The number of para-hydroxylation sites is 2. The second-order valence-corrected chi connectivity index (χ2v) is 7.25. The number of amides is 1. The van der Waals surface area contributed by atoms with Gasteiger partial charge < -0.3 is 14.4 Å². The second-order valence-electron chi connectivity index (χ2n) is 7.25. The summed E-state index contributed by atoms with van der Waals surface area (Å²) in [6, 6.07) is 13.3. The molecule has 5 nitrogen and oxygen atoms in total. The Morgan fingerprint density at radius 3 is 2.74 bits per heavy atom. The molecular weight excluding hydrogens is 342 g/mol. The molecule has 140 valence electrons. The van der Waals surface area contributed by atoms with Crippen LogP contribution in [-0.2, 0) is 16.0 Å². The lowest BCUT2D eigenvalue weighted by atomic mass is 9.97. The van der Waals surface area contributed by atoms with Gasteiger partial charge >= 0.3 is 5.97 Å². The molecule has 3 atom stereocenters. The molecule has 0 saturated heterocycles. The number of ether oxygens (including phenoxy) is 2. The molecule has 0 aromatic heterocycles. The van der Waals surface area contributed by atoms with Crippen LogP contribution in [0.5, 0.6) is 5.75 Å². The van der Waals surface area contributed by atoms with Crippen LogP contribution in [0.15, 0.2) is 42.5 Å². The minimum absolute atomic E-state index is 0.00843. The normalized spacial score (nSPS) is 21.2. The largest absolute Gasteiger partial charge is 0.489 e. The number of hydrogen-bond donors (Lipinski definition) is 0. The Labute approximate surface area is 158 Å². The van der Waals surface area contributed by atoms with Crippen molar-refractivity contribution in [2.75, 3.05) is 11.4 Å². The number of carbonyl (C=O) groups is 2. The first-order valence-corrected chi connectivity index (χ1v) is 9.37. The molecule has 0 radical (unpaired) electrons. The lowest BCUT2D eigenvalue weighted by Crippen LogP contribution is -2.39. The van der Waals surface area contributed by atoms with Crippen molar-refractivity contribution < 1.29 is 19.1 Å². The van der Waals surface area contributed by atoms with Crippen LogP contribution < -0.4 is 9.64 Å². The van der Waals surface area contributed by atoms with Crippen molar-refractivity contribution in [1.82, 2.24) is 0 Å². The van der Waals surface area contributed by atoms with Crippen LogP contribution >= 0.6 is 0 Å². The van der Waals surface area contributed by atoms with Crippen molar-refractivity contribution in [2.24, 2.45) is 0 Å². The van der Waals surface area contributed by atoms with Gasteiger partial charge in [-0.2, -0.15) is 0 Å². The monoisotopic (exact) mass is 365 g/mol. The summed E-state index contributed by atoms with van der Waals surface area (Å²) in [4.78, 5) is 27.2. The number of nitrogens with zero attached hydrogens (tertiary/aromatic N) is 1. The van der Waals surface area contributed by atoms with E-state index in [9.17, 15) is 9.59 Å². The lowest BCUT2D eigenvalue weighted by molar-refractivity contribution is -0.126. The van der Waals surface area contributed by atoms with Crippen molar-refractivity contribution in [3.8, 4) is 5.75 Å². The summed E-state index contributed by atoms with van der Waals surface area (Å²) in [6.45, 7) is 6.29. The first kappa shape index (κ1) is 17.6. The molecule has 2 aromatic carbocycles. The van der Waals surface area contributed by atoms with Crippen LogP contribution in [-0.4, -0.2) is 30.6 Å². The van der Waals surface area contributed by atoms with E-state index < -0.39 is 12.1 Å². The van der Waals surface area contributed by atoms with Gasteiger partial charge in [0.25, 0.3) is 5.91 Å². The smallest absolute Gasteiger partial charge is 0.342 e. The molecule has 2 aromatic rings. The number of rotatable bonds is 3. The van der Waals surface area contributed by atoms with Crippen LogP contribution in [0, 0.1) is 0 Å². The highest BCUT2D eigenvalue weighted by Gasteiger charge is 2.34. The number of hydrogen-bond acceptors (Lipinski definition) is 4. The first-order chi connectivity index (χ1) is 13.0. The standard InChI is InChI=1S/C22H23NO4/c1-13-14(2)26-20-17(13)8-6-9-18(20)22(25)27-15(3)21(24)23-12-11-16-7-4-5-10-19(16)23/h4-10,13-15H,11-12H2,1-3H3. The van der Waals surface area contributed by atoms with Crippen LogP contribution in [0.4, 0.5) is 5.69 Å². The fourth-order valence-electron chi connectivity index (χ4n) is 3.81. The molecule has 2 heterocycles. The van der Waals surface area contributed by atoms with Crippen LogP contribution in [0.1, 0.15) is 48.2 Å². The van der Waals surface area contributed by atoms with E-state index in [0.29, 0.717) is 17.9 Å². The van der Waals surface area contributed by atoms with E-state index in [1.807, 2.05) is 43.3 Å². The third-order valence-corrected chi connectivity index (χ3v) is 5.55. The fourth-order valence-corrected chi connectivity index (χ4v) is 3.81. The van der Waals surface area contributed by atoms with Gasteiger partial charge in [0.1, 0.15) is 17.4 Å². The molecule has 2 aliphatic heterocycles. The van der Waals surface area contributed by atoms with E-state index in [0.717, 1.165) is 23.2 Å². The van der Waals surface area contributed by atoms with Gasteiger partial charge in [-0.15, -0.1) is 0 Å². The average Bonchev–Trinajstić information content (AvgIpc) is 3.22. The Hall–Kier alpha value is -2.82. The molecule has 27 heavy (non-hydrogen) atoms. The Bertz CT molecular complexity index is 907. The molecule has 1 amide bonds. The summed E-state index contributed by atoms with van der Waals surface area (Å²) < 4.78 is 11.4. The average molecular weight is 365 g/mol. The summed E-state index contributed by atoms with van der Waals surface area (Å²) in [7, 11) is 0. The Kier molecular flexibility index (Phi) is 4.38. The Balaban J connectivity index is 1.51. The number of fused-ring (bicyclic) bond motifs is 2. The highest BCUT2D eigenvalue weighted by Crippen LogP contribution is 2.40. The minimum atomic E-state index is -0.865. The molecule has 2 aliphatic rings. The molecule has 4 rings (SSSR count). The van der Waals surface area contributed by atoms with E-state index in [1.165, 1.54) is 0 Å². The van der Waals surface area contributed by atoms with Crippen molar-refractivity contribution in [1.29, 1.82) is 0 Å². The first-order valence-electron chi connectivity index (χ1n) is 9.37. The van der Waals surface area contributed by atoms with Gasteiger partial charge in [0.15, 0.2) is 6.10 Å². The molecule has 5 heteroatoms. The van der Waals surface area contributed by atoms with Crippen molar-refractivity contribution >= 4 is 17.6 Å². The molecule has 0 aliphatic carbocycles. The quantitative estimate of drug-likeness (QED) is 0.778. The molecular formula is C22H23NO4. The zero-order chi connectivity index (χ0) is 19.1. The summed E-state index contributed by atoms with van der Waals surface area (Å²) in [5.74, 6) is 0.0617. The second kappa shape index (κ2) is 6.72. The predicted molar refractivity (Wildman–Crippen MR) is 102 cm³/mol. The lowest BCUT2D eigenvalue weighted by Gasteiger charge is -2.22. The summed E-state index contributed by atoms with van der Waals surface area (Å²) in [6.07, 6.45) is -0.0388. The van der Waals surface area contributed by atoms with Crippen LogP contribution in [0.2, 0.25) is 0 Å². The van der Waals surface area contributed by atoms with Gasteiger partial charge in [-0.3, -0.25) is 4.79 Å². The topological polar surface area (TPSA) is 55.8 Å². The van der Waals surface area contributed by atoms with E-state index in [4.69, 9.17) is 9.47 Å². The fraction of sp³-hybridized carbons (Fsp3) is 0.364. The van der Waals surface area contributed by atoms with E-state index in [-0.39, 0.29) is 17.9 Å². The SMILES string of the molecule is CC(OC(=O)c1cccc2c1OC(C)C2C)C(=O)N1CCc2ccccc21. The zero-order valence-corrected chi connectivity index (χ0v) is 15.8. The predicted octanol–water partition coefficient (Wildman–Crippen LogP) is 3.71. The zero-order valence-electron chi connectivity index (χ0n) is 15.8. The van der Waals surface area contributed by atoms with Crippen molar-refractivity contribution in [3.05, 3.63) is 59.2 Å². The molecule has 0 N–H and O–H groups in total. The maximum atomic E-state index is 12.8. The Morgan fingerprint density at radius 2 is 1.93 bits per heavy atom. The van der Waals surface area contributed by atoms with Gasteiger partial charge in [0.05, 0.1) is 0 Å². The molecule has 3 unspecified atom stereocenters. The number of benzene rings is 2. The van der Waals surface area contributed by atoms with Crippen LogP contribution in [0.25, 0.3) is 0 Å². The van der Waals surface area contributed by atoms with Crippen molar-refractivity contribution in [2.45, 2.75) is 45.3 Å². The summed E-state index contributed by atoms with van der Waals surface area (Å²) in [5.41, 5.74) is 3.42. The van der Waals surface area contributed by atoms with E-state index in [1.54, 1.807) is 17.9 Å². The maximum absolute atomic E-state index is 12.8. The molecule has 0 fully saturated rings. The highest BCUT2D eigenvalue weighted by molar-refractivity contribution is 6.01. The third kappa shape index (κ3) is 2.97. The van der Waals surface area contributed by atoms with E-state index in [2.05, 4.69) is 6.92 Å². The minimum Gasteiger partial charge on any atom is -0.489 e. The van der Waals surface area contributed by atoms with Gasteiger partial charge in [0.2, 0.25) is 0 Å². The van der Waals surface area contributed by atoms with Crippen LogP contribution in [0.3, 0.4) is 0 Å². The summed E-state index contributed by atoms with van der Waals surface area (Å²) >= 11 is 0.